The first-order valence-corrected chi connectivity index (χ1v) is 10.4. The number of aliphatic hydroxyl groups excluding tert-OH is 1. The molecule has 1 N–H and O–H groups in total. The number of amides is 1. The van der Waals surface area contributed by atoms with Crippen LogP contribution in [-0.4, -0.2) is 54.5 Å². The van der Waals surface area contributed by atoms with Gasteiger partial charge in [-0.3, -0.25) is 4.90 Å². The summed E-state index contributed by atoms with van der Waals surface area (Å²) in [6.07, 6.45) is 4.90. The maximum atomic E-state index is 12.5. The minimum Gasteiger partial charge on any atom is -0.450 e. The number of nitrogens with zero attached hydrogens (tertiary/aromatic N) is 2. The summed E-state index contributed by atoms with van der Waals surface area (Å²) in [5.74, 6) is 0. The predicted octanol–water partition coefficient (Wildman–Crippen LogP) is 4.84. The summed E-state index contributed by atoms with van der Waals surface area (Å²) < 4.78 is 5.21. The van der Waals surface area contributed by atoms with Crippen molar-refractivity contribution in [1.82, 2.24) is 4.90 Å². The molecular weight excluding hydrogens is 423 g/mol. The molecular formula is C20H23Cl3N2O3. The minimum absolute atomic E-state index is 0.194. The van der Waals surface area contributed by atoms with E-state index in [4.69, 9.17) is 39.5 Å². The lowest BCUT2D eigenvalue weighted by molar-refractivity contribution is 0.0569. The van der Waals surface area contributed by atoms with Crippen molar-refractivity contribution >= 4 is 46.6 Å². The van der Waals surface area contributed by atoms with Gasteiger partial charge in [0.05, 0.1) is 36.0 Å². The van der Waals surface area contributed by atoms with Crippen molar-refractivity contribution in [1.29, 1.82) is 0 Å². The molecule has 1 amide bonds. The van der Waals surface area contributed by atoms with Crippen LogP contribution < -0.4 is 4.90 Å². The molecule has 1 aromatic carbocycles. The van der Waals surface area contributed by atoms with Crippen LogP contribution in [0.2, 0.25) is 10.0 Å². The summed E-state index contributed by atoms with van der Waals surface area (Å²) in [6.45, 7) is 2.83. The van der Waals surface area contributed by atoms with Gasteiger partial charge in [-0.2, -0.15) is 0 Å². The summed E-state index contributed by atoms with van der Waals surface area (Å²) in [5, 5.41) is 12.1. The van der Waals surface area contributed by atoms with Gasteiger partial charge in [-0.15, -0.1) is 0 Å². The average Bonchev–Trinajstić information content (AvgIpc) is 2.68. The lowest BCUT2D eigenvalue weighted by Gasteiger charge is -2.49. The van der Waals surface area contributed by atoms with Crippen LogP contribution in [0.15, 0.2) is 41.0 Å². The number of hydrogen-bond acceptors (Lipinski definition) is 4. The molecule has 3 rings (SSSR count). The van der Waals surface area contributed by atoms with Gasteiger partial charge in [0.2, 0.25) is 0 Å². The Labute approximate surface area is 180 Å². The zero-order valence-electron chi connectivity index (χ0n) is 15.6. The smallest absolute Gasteiger partial charge is 0.410 e. The van der Waals surface area contributed by atoms with Crippen molar-refractivity contribution < 1.29 is 14.6 Å². The summed E-state index contributed by atoms with van der Waals surface area (Å²) in [4.78, 5) is 16.2. The highest BCUT2D eigenvalue weighted by molar-refractivity contribution is 6.36. The van der Waals surface area contributed by atoms with Crippen molar-refractivity contribution in [3.63, 3.8) is 0 Å². The molecule has 1 fully saturated rings. The van der Waals surface area contributed by atoms with E-state index in [0.29, 0.717) is 23.1 Å². The molecule has 1 aliphatic carbocycles. The third-order valence-electron chi connectivity index (χ3n) is 5.10. The number of carbonyl (C=O) groups excluding carboxylic acids is 1. The Hall–Kier alpha value is -1.40. The van der Waals surface area contributed by atoms with Crippen molar-refractivity contribution in [2.24, 2.45) is 0 Å². The van der Waals surface area contributed by atoms with Crippen LogP contribution in [0.3, 0.4) is 0 Å². The number of benzene rings is 1. The number of piperazine rings is 1. The molecule has 8 heteroatoms. The Balaban J connectivity index is 2.02. The molecule has 152 valence electrons. The topological polar surface area (TPSA) is 53.0 Å². The number of ether oxygens (including phenoxy) is 1. The molecule has 1 heterocycles. The third-order valence-corrected chi connectivity index (χ3v) is 5.95. The highest BCUT2D eigenvalue weighted by atomic mass is 35.5. The van der Waals surface area contributed by atoms with Crippen LogP contribution in [0.5, 0.6) is 0 Å². The lowest BCUT2D eigenvalue weighted by Crippen LogP contribution is -2.63. The van der Waals surface area contributed by atoms with E-state index < -0.39 is 12.1 Å². The SMILES string of the molecule is CCOC(=O)N1CCN(c2ccc(Cl)cc2Cl)C(C2=CC=C(Cl)CC2)C1CO. The maximum absolute atomic E-state index is 12.5. The maximum Gasteiger partial charge on any atom is 0.410 e. The standard InChI is InChI=1S/C20H23Cl3N2O3/c1-2-28-20(27)25-10-9-24(17-8-7-15(22)11-16(17)23)19(18(25)12-26)13-3-5-14(21)6-4-13/h3,5,7-8,11,18-19,26H,2,4,6,9-10,12H2,1H3. The van der Waals surface area contributed by atoms with Crippen LogP contribution in [0.25, 0.3) is 0 Å². The number of halogens is 3. The molecule has 2 unspecified atom stereocenters. The van der Waals surface area contributed by atoms with Crippen molar-refractivity contribution in [3.8, 4) is 0 Å². The largest absolute Gasteiger partial charge is 0.450 e. The Morgan fingerprint density at radius 1 is 1.21 bits per heavy atom. The molecule has 0 radical (unpaired) electrons. The van der Waals surface area contributed by atoms with E-state index in [0.717, 1.165) is 29.1 Å². The van der Waals surface area contributed by atoms with Crippen LogP contribution in [-0.2, 0) is 4.74 Å². The van der Waals surface area contributed by atoms with Crippen LogP contribution in [0, 0.1) is 0 Å². The van der Waals surface area contributed by atoms with Gasteiger partial charge in [0.1, 0.15) is 0 Å². The first-order chi connectivity index (χ1) is 13.5. The zero-order valence-corrected chi connectivity index (χ0v) is 17.8. The van der Waals surface area contributed by atoms with Crippen LogP contribution in [0.4, 0.5) is 10.5 Å². The average molecular weight is 446 g/mol. The fourth-order valence-corrected chi connectivity index (χ4v) is 4.51. The van der Waals surface area contributed by atoms with E-state index in [-0.39, 0.29) is 19.3 Å². The number of carbonyl (C=O) groups is 1. The van der Waals surface area contributed by atoms with Crippen LogP contribution in [0.1, 0.15) is 19.8 Å². The lowest BCUT2D eigenvalue weighted by atomic mass is 9.88. The zero-order chi connectivity index (χ0) is 20.3. The Morgan fingerprint density at radius 3 is 2.61 bits per heavy atom. The molecule has 1 aromatic rings. The minimum atomic E-state index is -0.462. The Bertz CT molecular complexity index is 797. The molecule has 0 bridgehead atoms. The fraction of sp³-hybridized carbons (Fsp3) is 0.450. The Kier molecular flexibility index (Phi) is 7.15. The van der Waals surface area contributed by atoms with E-state index in [9.17, 15) is 9.90 Å². The number of aliphatic hydroxyl groups is 1. The molecule has 5 nitrogen and oxygen atoms in total. The van der Waals surface area contributed by atoms with Gasteiger partial charge in [-0.1, -0.05) is 40.9 Å². The van der Waals surface area contributed by atoms with E-state index in [1.807, 2.05) is 18.2 Å². The molecule has 28 heavy (non-hydrogen) atoms. The normalized spacial score (nSPS) is 22.6. The molecule has 0 spiro atoms. The van der Waals surface area contributed by atoms with Crippen molar-refractivity contribution in [2.75, 3.05) is 31.2 Å². The van der Waals surface area contributed by atoms with E-state index in [1.54, 1.807) is 24.0 Å². The highest BCUT2D eigenvalue weighted by Crippen LogP contribution is 2.37. The number of hydrogen-bond donors (Lipinski definition) is 1. The first-order valence-electron chi connectivity index (χ1n) is 9.27. The molecule has 2 atom stereocenters. The Morgan fingerprint density at radius 2 is 2.00 bits per heavy atom. The predicted molar refractivity (Wildman–Crippen MR) is 113 cm³/mol. The van der Waals surface area contributed by atoms with Gasteiger partial charge < -0.3 is 14.7 Å². The van der Waals surface area contributed by atoms with Crippen molar-refractivity contribution in [3.05, 3.63) is 51.0 Å². The quantitative estimate of drug-likeness (QED) is 0.720. The van der Waals surface area contributed by atoms with E-state index >= 15 is 0 Å². The second-order valence-corrected chi connectivity index (χ2v) is 8.06. The van der Waals surface area contributed by atoms with E-state index in [2.05, 4.69) is 4.90 Å². The van der Waals surface area contributed by atoms with Crippen molar-refractivity contribution in [2.45, 2.75) is 31.8 Å². The molecule has 0 saturated carbocycles. The second-order valence-electron chi connectivity index (χ2n) is 6.73. The summed E-state index contributed by atoms with van der Waals surface area (Å²) in [7, 11) is 0. The van der Waals surface area contributed by atoms with E-state index in [1.165, 1.54) is 0 Å². The number of rotatable bonds is 4. The second kappa shape index (κ2) is 9.40. The third kappa shape index (κ3) is 4.43. The summed E-state index contributed by atoms with van der Waals surface area (Å²) >= 11 is 18.7. The first kappa shape index (κ1) is 21.3. The molecule has 2 aliphatic rings. The number of anilines is 1. The number of allylic oxidation sites excluding steroid dienone is 3. The van der Waals surface area contributed by atoms with Gasteiger partial charge in [0, 0.05) is 23.1 Å². The van der Waals surface area contributed by atoms with Crippen LogP contribution >= 0.6 is 34.8 Å². The summed E-state index contributed by atoms with van der Waals surface area (Å²) in [5.41, 5.74) is 1.91. The molecule has 1 aliphatic heterocycles. The highest BCUT2D eigenvalue weighted by Gasteiger charge is 2.41. The van der Waals surface area contributed by atoms with Gasteiger partial charge in [0.25, 0.3) is 0 Å². The van der Waals surface area contributed by atoms with Gasteiger partial charge in [0.15, 0.2) is 0 Å². The molecule has 1 saturated heterocycles. The fourth-order valence-electron chi connectivity index (χ4n) is 3.84. The van der Waals surface area contributed by atoms with Gasteiger partial charge >= 0.3 is 6.09 Å². The monoisotopic (exact) mass is 444 g/mol. The van der Waals surface area contributed by atoms with Gasteiger partial charge in [-0.25, -0.2) is 4.79 Å². The van der Waals surface area contributed by atoms with Gasteiger partial charge in [-0.05, 0) is 49.6 Å². The summed E-state index contributed by atoms with van der Waals surface area (Å²) in [6, 6.07) is 4.65. The molecule has 0 aromatic heterocycles.